The zero-order valence-corrected chi connectivity index (χ0v) is 20.0. The first kappa shape index (κ1) is 27.1. The van der Waals surface area contributed by atoms with Crippen molar-refractivity contribution in [2.24, 2.45) is 0 Å². The quantitative estimate of drug-likeness (QED) is 0.278. The Morgan fingerprint density at radius 3 is 2.38 bits per heavy atom. The molecule has 0 bridgehead atoms. The van der Waals surface area contributed by atoms with Crippen molar-refractivity contribution in [3.05, 3.63) is 88.5 Å². The molecule has 37 heavy (non-hydrogen) atoms. The fraction of sp³-hybridized carbons (Fsp3) is 0.115. The van der Waals surface area contributed by atoms with Crippen LogP contribution in [0.2, 0.25) is 5.02 Å². The largest absolute Gasteiger partial charge is 0.493 e. The number of halogens is 4. The van der Waals surface area contributed by atoms with E-state index in [0.717, 1.165) is 18.2 Å². The molecule has 0 aliphatic carbocycles. The van der Waals surface area contributed by atoms with Crippen LogP contribution >= 0.6 is 11.6 Å². The summed E-state index contributed by atoms with van der Waals surface area (Å²) < 4.78 is 49.6. The van der Waals surface area contributed by atoms with Gasteiger partial charge in [-0.2, -0.15) is 18.4 Å². The molecule has 0 saturated carbocycles. The number of nitrogens with one attached hydrogen (secondary N) is 2. The van der Waals surface area contributed by atoms with Gasteiger partial charge in [-0.1, -0.05) is 35.9 Å². The molecular formula is C26H19ClF3N3O4. The zero-order valence-electron chi connectivity index (χ0n) is 19.2. The van der Waals surface area contributed by atoms with E-state index in [1.54, 1.807) is 36.4 Å². The van der Waals surface area contributed by atoms with Crippen LogP contribution in [0.15, 0.2) is 72.3 Å². The van der Waals surface area contributed by atoms with E-state index in [-0.39, 0.29) is 34.4 Å². The molecule has 3 aromatic rings. The lowest BCUT2D eigenvalue weighted by Gasteiger charge is -2.13. The van der Waals surface area contributed by atoms with Crippen LogP contribution in [-0.2, 0) is 15.8 Å². The number of methoxy groups -OCH3 is 1. The number of amides is 2. The number of carbonyl (C=O) groups is 2. The van der Waals surface area contributed by atoms with E-state index in [1.807, 2.05) is 0 Å². The molecule has 0 atom stereocenters. The highest BCUT2D eigenvalue weighted by molar-refractivity contribution is 6.32. The fourth-order valence-corrected chi connectivity index (χ4v) is 3.38. The maximum absolute atomic E-state index is 12.9. The van der Waals surface area contributed by atoms with Gasteiger partial charge in [-0.3, -0.25) is 9.59 Å². The monoisotopic (exact) mass is 529 g/mol. The lowest BCUT2D eigenvalue weighted by atomic mass is 10.1. The Hall–Kier alpha value is -4.49. The Balaban J connectivity index is 1.75. The van der Waals surface area contributed by atoms with Gasteiger partial charge >= 0.3 is 6.18 Å². The molecule has 190 valence electrons. The second-order valence-electron chi connectivity index (χ2n) is 7.44. The molecule has 0 unspecified atom stereocenters. The Bertz CT molecular complexity index is 1370. The van der Waals surface area contributed by atoms with Gasteiger partial charge in [-0.05, 0) is 54.1 Å². The van der Waals surface area contributed by atoms with Gasteiger partial charge in [0.2, 0.25) is 0 Å². The molecule has 11 heteroatoms. The maximum atomic E-state index is 12.9. The summed E-state index contributed by atoms with van der Waals surface area (Å²) in [5.74, 6) is -1.17. The fourth-order valence-electron chi connectivity index (χ4n) is 3.11. The highest BCUT2D eigenvalue weighted by Crippen LogP contribution is 2.37. The number of benzene rings is 3. The first-order valence-electron chi connectivity index (χ1n) is 10.6. The number of hydrogen-bond donors (Lipinski definition) is 2. The van der Waals surface area contributed by atoms with Crippen molar-refractivity contribution < 1.29 is 32.2 Å². The summed E-state index contributed by atoms with van der Waals surface area (Å²) in [6.45, 7) is -0.372. The number of rotatable bonds is 8. The first-order chi connectivity index (χ1) is 17.6. The van der Waals surface area contributed by atoms with Crippen molar-refractivity contribution in [2.45, 2.75) is 6.18 Å². The number of anilines is 2. The van der Waals surface area contributed by atoms with Crippen LogP contribution in [0.4, 0.5) is 24.5 Å². The Labute approximate surface area is 215 Å². The lowest BCUT2D eigenvalue weighted by Crippen LogP contribution is -2.20. The minimum absolute atomic E-state index is 0.0358. The van der Waals surface area contributed by atoms with Gasteiger partial charge in [0.05, 0.1) is 17.7 Å². The van der Waals surface area contributed by atoms with E-state index in [1.165, 1.54) is 31.4 Å². The average Bonchev–Trinajstić information content (AvgIpc) is 2.86. The third-order valence-electron chi connectivity index (χ3n) is 4.78. The standard InChI is InChI=1S/C26H19ClF3N3O4/c1-36-22-12-16(11-21(27)24(22)37-15-23(34)32-19-7-3-2-4-8-19)10-17(14-31)25(35)33-20-9-5-6-18(13-20)26(28,29)30/h2-13H,15H2,1H3,(H,32,34)(H,33,35). The number of hydrogen-bond acceptors (Lipinski definition) is 5. The molecule has 0 fully saturated rings. The van der Waals surface area contributed by atoms with Crippen molar-refractivity contribution in [3.63, 3.8) is 0 Å². The molecule has 0 radical (unpaired) electrons. The molecule has 7 nitrogen and oxygen atoms in total. The Morgan fingerprint density at radius 2 is 1.73 bits per heavy atom. The number of nitrogens with zero attached hydrogens (tertiary/aromatic N) is 1. The summed E-state index contributed by atoms with van der Waals surface area (Å²) in [6.07, 6.45) is -3.41. The number of para-hydroxylation sites is 1. The van der Waals surface area contributed by atoms with Crippen molar-refractivity contribution in [3.8, 4) is 17.6 Å². The molecule has 0 aliphatic rings. The van der Waals surface area contributed by atoms with E-state index in [9.17, 15) is 28.0 Å². The van der Waals surface area contributed by atoms with Crippen LogP contribution in [0.25, 0.3) is 6.08 Å². The molecular weight excluding hydrogens is 511 g/mol. The van der Waals surface area contributed by atoms with Gasteiger partial charge < -0.3 is 20.1 Å². The average molecular weight is 530 g/mol. The SMILES string of the molecule is COc1cc(C=C(C#N)C(=O)Nc2cccc(C(F)(F)F)c2)cc(Cl)c1OCC(=O)Nc1ccccc1. The molecule has 0 aromatic heterocycles. The number of alkyl halides is 3. The molecule has 2 amide bonds. The van der Waals surface area contributed by atoms with Crippen molar-refractivity contribution in [1.29, 1.82) is 5.26 Å². The Morgan fingerprint density at radius 1 is 1.03 bits per heavy atom. The normalized spacial score (nSPS) is 11.3. The third kappa shape index (κ3) is 7.49. The summed E-state index contributed by atoms with van der Waals surface area (Å²) >= 11 is 6.30. The van der Waals surface area contributed by atoms with Crippen LogP contribution in [0, 0.1) is 11.3 Å². The third-order valence-corrected chi connectivity index (χ3v) is 5.06. The minimum atomic E-state index is -4.59. The summed E-state index contributed by atoms with van der Waals surface area (Å²) in [4.78, 5) is 24.7. The zero-order chi connectivity index (χ0) is 27.0. The first-order valence-corrected chi connectivity index (χ1v) is 10.9. The van der Waals surface area contributed by atoms with Crippen LogP contribution in [0.1, 0.15) is 11.1 Å². The highest BCUT2D eigenvalue weighted by Gasteiger charge is 2.30. The highest BCUT2D eigenvalue weighted by atomic mass is 35.5. The number of nitriles is 1. The van der Waals surface area contributed by atoms with E-state index in [0.29, 0.717) is 5.69 Å². The van der Waals surface area contributed by atoms with Gasteiger partial charge in [0.25, 0.3) is 11.8 Å². The maximum Gasteiger partial charge on any atom is 0.416 e. The van der Waals surface area contributed by atoms with Gasteiger partial charge in [-0.25, -0.2) is 0 Å². The predicted octanol–water partition coefficient (Wildman–Crippen LogP) is 5.93. The molecule has 3 rings (SSSR count). The Kier molecular flexibility index (Phi) is 8.77. The smallest absolute Gasteiger partial charge is 0.416 e. The minimum Gasteiger partial charge on any atom is -0.493 e. The number of ether oxygens (including phenoxy) is 2. The van der Waals surface area contributed by atoms with E-state index in [4.69, 9.17) is 21.1 Å². The molecule has 2 N–H and O–H groups in total. The summed E-state index contributed by atoms with van der Waals surface area (Å²) in [5, 5.41) is 14.4. The molecule has 0 spiro atoms. The molecule has 0 aliphatic heterocycles. The second-order valence-corrected chi connectivity index (χ2v) is 7.85. The summed E-state index contributed by atoms with van der Waals surface area (Å²) in [7, 11) is 1.33. The van der Waals surface area contributed by atoms with E-state index >= 15 is 0 Å². The molecule has 3 aromatic carbocycles. The van der Waals surface area contributed by atoms with Gasteiger partial charge in [0.1, 0.15) is 11.6 Å². The van der Waals surface area contributed by atoms with Crippen LogP contribution in [0.3, 0.4) is 0 Å². The van der Waals surface area contributed by atoms with Crippen molar-refractivity contribution in [2.75, 3.05) is 24.4 Å². The van der Waals surface area contributed by atoms with Gasteiger partial charge in [0, 0.05) is 11.4 Å². The molecule has 0 heterocycles. The van der Waals surface area contributed by atoms with Crippen LogP contribution in [-0.4, -0.2) is 25.5 Å². The van der Waals surface area contributed by atoms with Crippen LogP contribution < -0.4 is 20.1 Å². The summed E-state index contributed by atoms with van der Waals surface area (Å²) in [5.41, 5.74) is -0.612. The predicted molar refractivity (Wildman–Crippen MR) is 132 cm³/mol. The topological polar surface area (TPSA) is 100 Å². The van der Waals surface area contributed by atoms with Crippen molar-refractivity contribution >= 4 is 40.9 Å². The van der Waals surface area contributed by atoms with Crippen molar-refractivity contribution in [1.82, 2.24) is 0 Å². The second kappa shape index (κ2) is 12.0. The van der Waals surface area contributed by atoms with Crippen LogP contribution in [0.5, 0.6) is 11.5 Å². The van der Waals surface area contributed by atoms with Gasteiger partial charge in [0.15, 0.2) is 18.1 Å². The van der Waals surface area contributed by atoms with E-state index in [2.05, 4.69) is 10.6 Å². The summed E-state index contributed by atoms with van der Waals surface area (Å²) in [6, 6.07) is 17.3. The lowest BCUT2D eigenvalue weighted by molar-refractivity contribution is -0.137. The van der Waals surface area contributed by atoms with Gasteiger partial charge in [-0.15, -0.1) is 0 Å². The van der Waals surface area contributed by atoms with E-state index < -0.39 is 29.1 Å². The number of carbonyl (C=O) groups excluding carboxylic acids is 2. The molecule has 0 saturated heterocycles.